The molecule has 0 aromatic carbocycles. The van der Waals surface area contributed by atoms with Gasteiger partial charge in [-0.2, -0.15) is 0 Å². The molecule has 1 amide bonds. The number of hydrogen-bond donors (Lipinski definition) is 2. The van der Waals surface area contributed by atoms with Gasteiger partial charge in [-0.3, -0.25) is 9.36 Å². The minimum Gasteiger partial charge on any atom is -0.756 e. The summed E-state index contributed by atoms with van der Waals surface area (Å²) in [6, 6.07) is -0.791. The zero-order valence-corrected chi connectivity index (χ0v) is 41.8. The Morgan fingerprint density at radius 2 is 0.817 bits per heavy atom. The molecule has 2 N–H and O–H groups in total. The second-order valence-electron chi connectivity index (χ2n) is 19.6. The van der Waals surface area contributed by atoms with E-state index in [9.17, 15) is 19.4 Å². The molecule has 0 aromatic rings. The van der Waals surface area contributed by atoms with Gasteiger partial charge < -0.3 is 28.8 Å². The van der Waals surface area contributed by atoms with Gasteiger partial charge in [-0.15, -0.1) is 0 Å². The monoisotopic (exact) mass is 873 g/mol. The number of hydrogen-bond acceptors (Lipinski definition) is 6. The van der Waals surface area contributed by atoms with Crippen molar-refractivity contribution in [3.63, 3.8) is 0 Å². The van der Waals surface area contributed by atoms with E-state index < -0.39 is 20.0 Å². The van der Waals surface area contributed by atoms with Crippen molar-refractivity contribution in [1.29, 1.82) is 0 Å². The molecule has 9 heteroatoms. The molecule has 0 heterocycles. The van der Waals surface area contributed by atoms with Crippen molar-refractivity contribution in [2.45, 2.75) is 283 Å². The molecule has 0 aliphatic carbocycles. The highest BCUT2D eigenvalue weighted by Gasteiger charge is 2.24. The zero-order chi connectivity index (χ0) is 44.3. The van der Waals surface area contributed by atoms with Crippen LogP contribution in [0.2, 0.25) is 0 Å². The van der Waals surface area contributed by atoms with Gasteiger partial charge in [-0.05, 0) is 12.8 Å². The first-order valence-corrected chi connectivity index (χ1v) is 27.8. The van der Waals surface area contributed by atoms with Gasteiger partial charge in [0.15, 0.2) is 0 Å². The molecule has 0 aliphatic rings. The fraction of sp³-hybridized carbons (Fsp3) is 0.980. The topological polar surface area (TPSA) is 108 Å². The quantitative estimate of drug-likeness (QED) is 0.0358. The lowest BCUT2D eigenvalue weighted by Gasteiger charge is -2.30. The molecule has 0 saturated carbocycles. The van der Waals surface area contributed by atoms with Crippen LogP contribution >= 0.6 is 7.82 Å². The van der Waals surface area contributed by atoms with E-state index >= 15 is 0 Å². The Morgan fingerprint density at radius 1 is 0.517 bits per heavy atom. The van der Waals surface area contributed by atoms with Crippen LogP contribution in [0, 0.1) is 0 Å². The standard InChI is InChI=1S/C51H105N2O6P/c1-6-8-10-12-13-14-15-16-17-18-19-20-21-22-23-24-25-26-27-28-29-30-31-32-33-34-35-36-37-38-39-41-42-44-50(54)49(52-51(55)45-43-40-11-9-7-2)48-59-60(56,57)58-47-46-53(3,4)5/h49-50,54H,6-48H2,1-5H3,(H-,52,55,56,57). The summed E-state index contributed by atoms with van der Waals surface area (Å²) in [6.07, 6.45) is 50.6. The van der Waals surface area contributed by atoms with Crippen LogP contribution in [0.5, 0.6) is 0 Å². The Hall–Kier alpha value is -0.500. The van der Waals surface area contributed by atoms with Crippen LogP contribution in [0.15, 0.2) is 0 Å². The van der Waals surface area contributed by atoms with Crippen LogP contribution in [0.1, 0.15) is 271 Å². The number of nitrogens with one attached hydrogen (secondary N) is 1. The molecule has 3 unspecified atom stereocenters. The molecule has 0 spiro atoms. The van der Waals surface area contributed by atoms with E-state index in [4.69, 9.17) is 9.05 Å². The van der Waals surface area contributed by atoms with Crippen molar-refractivity contribution < 1.29 is 32.9 Å². The third-order valence-corrected chi connectivity index (χ3v) is 13.3. The number of aliphatic hydroxyl groups excluding tert-OH is 1. The van der Waals surface area contributed by atoms with E-state index in [0.29, 0.717) is 23.9 Å². The number of aliphatic hydroxyl groups is 1. The minimum absolute atomic E-state index is 0.0152. The molecule has 0 bridgehead atoms. The van der Waals surface area contributed by atoms with E-state index in [0.717, 1.165) is 51.4 Å². The highest BCUT2D eigenvalue weighted by molar-refractivity contribution is 7.45. The van der Waals surface area contributed by atoms with Gasteiger partial charge in [0.05, 0.1) is 39.9 Å². The SMILES string of the molecule is CCCCCCCCCCCCCCCCCCCCCCCCCCCCCCCCCCCC(O)C(COP(=O)([O-])OCC[N+](C)(C)C)NC(=O)CCCCCCC. The number of phosphoric ester groups is 1. The van der Waals surface area contributed by atoms with Gasteiger partial charge in [-0.25, -0.2) is 0 Å². The van der Waals surface area contributed by atoms with Crippen LogP contribution in [0.4, 0.5) is 0 Å². The van der Waals surface area contributed by atoms with Crippen molar-refractivity contribution in [1.82, 2.24) is 5.32 Å². The molecule has 0 fully saturated rings. The van der Waals surface area contributed by atoms with Crippen molar-refractivity contribution in [2.75, 3.05) is 40.9 Å². The van der Waals surface area contributed by atoms with Crippen LogP contribution in [-0.2, 0) is 18.4 Å². The molecule has 8 nitrogen and oxygen atoms in total. The first-order valence-electron chi connectivity index (χ1n) is 26.4. The molecule has 0 saturated heterocycles. The van der Waals surface area contributed by atoms with Crippen molar-refractivity contribution in [3.05, 3.63) is 0 Å². The first kappa shape index (κ1) is 59.5. The summed E-state index contributed by atoms with van der Waals surface area (Å²) in [6.45, 7) is 4.66. The Morgan fingerprint density at radius 3 is 1.13 bits per heavy atom. The van der Waals surface area contributed by atoms with Crippen molar-refractivity contribution in [3.8, 4) is 0 Å². The molecule has 0 rings (SSSR count). The van der Waals surface area contributed by atoms with Gasteiger partial charge in [0, 0.05) is 6.42 Å². The number of phosphoric acid groups is 1. The van der Waals surface area contributed by atoms with Gasteiger partial charge in [0.1, 0.15) is 13.2 Å². The normalized spacial score (nSPS) is 14.1. The summed E-state index contributed by atoms with van der Waals surface area (Å²) in [5.41, 5.74) is 0. The van der Waals surface area contributed by atoms with Gasteiger partial charge in [0.25, 0.3) is 7.82 Å². The lowest BCUT2D eigenvalue weighted by Crippen LogP contribution is -2.46. The predicted octanol–water partition coefficient (Wildman–Crippen LogP) is 14.7. The van der Waals surface area contributed by atoms with Crippen LogP contribution < -0.4 is 10.2 Å². The van der Waals surface area contributed by atoms with Gasteiger partial charge in [0.2, 0.25) is 5.91 Å². The fourth-order valence-corrected chi connectivity index (χ4v) is 8.88. The van der Waals surface area contributed by atoms with E-state index in [1.807, 2.05) is 21.1 Å². The number of likely N-dealkylation sites (N-methyl/N-ethyl adjacent to an activating group) is 1. The number of carbonyl (C=O) groups is 1. The van der Waals surface area contributed by atoms with E-state index in [2.05, 4.69) is 19.2 Å². The maximum atomic E-state index is 12.7. The average Bonchev–Trinajstić information content (AvgIpc) is 3.20. The maximum Gasteiger partial charge on any atom is 0.268 e. The van der Waals surface area contributed by atoms with E-state index in [1.54, 1.807) is 0 Å². The number of rotatable bonds is 49. The first-order chi connectivity index (χ1) is 29.0. The van der Waals surface area contributed by atoms with Crippen LogP contribution in [0.25, 0.3) is 0 Å². The van der Waals surface area contributed by atoms with E-state index in [-0.39, 0.29) is 19.1 Å². The fourth-order valence-electron chi connectivity index (χ4n) is 8.16. The number of unbranched alkanes of at least 4 members (excludes halogenated alkanes) is 36. The number of quaternary nitrogens is 1. The van der Waals surface area contributed by atoms with Gasteiger partial charge >= 0.3 is 0 Å². The third-order valence-electron chi connectivity index (χ3n) is 12.3. The lowest BCUT2D eigenvalue weighted by molar-refractivity contribution is -0.870. The molecule has 0 aliphatic heterocycles. The molecule has 0 aromatic heterocycles. The molecule has 3 atom stereocenters. The lowest BCUT2D eigenvalue weighted by atomic mass is 10.0. The summed E-state index contributed by atoms with van der Waals surface area (Å²) in [5.74, 6) is -0.174. The minimum atomic E-state index is -4.55. The summed E-state index contributed by atoms with van der Waals surface area (Å²) < 4.78 is 23.2. The maximum absolute atomic E-state index is 12.7. The summed E-state index contributed by atoms with van der Waals surface area (Å²) in [7, 11) is 1.31. The summed E-state index contributed by atoms with van der Waals surface area (Å²) in [4.78, 5) is 25.1. The largest absolute Gasteiger partial charge is 0.756 e. The highest BCUT2D eigenvalue weighted by Crippen LogP contribution is 2.38. The highest BCUT2D eigenvalue weighted by atomic mass is 31.2. The number of nitrogens with zero attached hydrogens (tertiary/aromatic N) is 1. The average molecular weight is 873 g/mol. The molecule has 0 radical (unpaired) electrons. The van der Waals surface area contributed by atoms with Crippen molar-refractivity contribution in [2.24, 2.45) is 0 Å². The molecule has 360 valence electrons. The van der Waals surface area contributed by atoms with E-state index in [1.165, 1.54) is 193 Å². The number of carbonyl (C=O) groups excluding carboxylic acids is 1. The second kappa shape index (κ2) is 43.7. The molecular formula is C51H105N2O6P. The van der Waals surface area contributed by atoms with Crippen LogP contribution in [0.3, 0.4) is 0 Å². The third kappa shape index (κ3) is 45.5. The zero-order valence-electron chi connectivity index (χ0n) is 40.9. The second-order valence-corrected chi connectivity index (χ2v) is 21.0. The Bertz CT molecular complexity index is 947. The Labute approximate surface area is 374 Å². The van der Waals surface area contributed by atoms with Crippen LogP contribution in [-0.4, -0.2) is 68.5 Å². The Kier molecular flexibility index (Phi) is 43.4. The van der Waals surface area contributed by atoms with Crippen molar-refractivity contribution >= 4 is 13.7 Å². The summed E-state index contributed by atoms with van der Waals surface area (Å²) >= 11 is 0. The number of amides is 1. The Balaban J connectivity index is 3.76. The predicted molar refractivity (Wildman–Crippen MR) is 256 cm³/mol. The molecular weight excluding hydrogens is 768 g/mol. The van der Waals surface area contributed by atoms with Gasteiger partial charge in [-0.1, -0.05) is 251 Å². The summed E-state index contributed by atoms with van der Waals surface area (Å²) in [5, 5.41) is 13.8. The molecule has 60 heavy (non-hydrogen) atoms. The smallest absolute Gasteiger partial charge is 0.268 e.